The summed E-state index contributed by atoms with van der Waals surface area (Å²) < 4.78 is 10.5. The van der Waals surface area contributed by atoms with Crippen LogP contribution in [0.1, 0.15) is 22.8 Å². The van der Waals surface area contributed by atoms with Crippen LogP contribution in [-0.4, -0.2) is 36.6 Å². The lowest BCUT2D eigenvalue weighted by atomic mass is 10.2. The first kappa shape index (κ1) is 16.8. The Morgan fingerprint density at radius 1 is 1.08 bits per heavy atom. The number of hydrogen-bond acceptors (Lipinski definition) is 4. The SMILES string of the molecule is CCN(Cc1ccccc1)C(=O)CNC(=O)c1ccc2c(c1)OCO2. The van der Waals surface area contributed by atoms with Crippen LogP contribution in [0.2, 0.25) is 0 Å². The molecule has 2 aromatic carbocycles. The third kappa shape index (κ3) is 4.09. The van der Waals surface area contributed by atoms with Gasteiger partial charge in [0.25, 0.3) is 5.91 Å². The molecule has 0 fully saturated rings. The molecule has 3 rings (SSSR count). The lowest BCUT2D eigenvalue weighted by Gasteiger charge is -2.21. The molecule has 130 valence electrons. The van der Waals surface area contributed by atoms with Gasteiger partial charge in [0.05, 0.1) is 6.54 Å². The molecule has 0 saturated heterocycles. The van der Waals surface area contributed by atoms with Crippen LogP contribution in [0.25, 0.3) is 0 Å². The van der Waals surface area contributed by atoms with Crippen molar-refractivity contribution >= 4 is 11.8 Å². The summed E-state index contributed by atoms with van der Waals surface area (Å²) in [6.07, 6.45) is 0. The summed E-state index contributed by atoms with van der Waals surface area (Å²) in [5.41, 5.74) is 1.49. The number of hydrogen-bond donors (Lipinski definition) is 1. The Bertz CT molecular complexity index is 761. The first-order chi connectivity index (χ1) is 12.2. The van der Waals surface area contributed by atoms with E-state index in [1.807, 2.05) is 37.3 Å². The van der Waals surface area contributed by atoms with Gasteiger partial charge in [0.2, 0.25) is 12.7 Å². The van der Waals surface area contributed by atoms with E-state index in [9.17, 15) is 9.59 Å². The normalized spacial score (nSPS) is 11.9. The highest BCUT2D eigenvalue weighted by Crippen LogP contribution is 2.32. The van der Waals surface area contributed by atoms with Crippen molar-refractivity contribution in [1.29, 1.82) is 0 Å². The van der Waals surface area contributed by atoms with E-state index in [1.54, 1.807) is 23.1 Å². The molecule has 0 saturated carbocycles. The number of nitrogens with one attached hydrogen (secondary N) is 1. The molecule has 1 aliphatic heterocycles. The topological polar surface area (TPSA) is 67.9 Å². The average molecular weight is 340 g/mol. The zero-order valence-corrected chi connectivity index (χ0v) is 14.0. The molecule has 0 radical (unpaired) electrons. The van der Waals surface area contributed by atoms with E-state index in [4.69, 9.17) is 9.47 Å². The van der Waals surface area contributed by atoms with Gasteiger partial charge in [-0.1, -0.05) is 30.3 Å². The number of carbonyl (C=O) groups is 2. The van der Waals surface area contributed by atoms with E-state index < -0.39 is 0 Å². The van der Waals surface area contributed by atoms with Crippen molar-refractivity contribution in [2.75, 3.05) is 19.9 Å². The fraction of sp³-hybridized carbons (Fsp3) is 0.263. The van der Waals surface area contributed by atoms with Gasteiger partial charge in [0, 0.05) is 18.7 Å². The van der Waals surface area contributed by atoms with Gasteiger partial charge in [-0.3, -0.25) is 9.59 Å². The van der Waals surface area contributed by atoms with Crippen LogP contribution >= 0.6 is 0 Å². The van der Waals surface area contributed by atoms with Gasteiger partial charge >= 0.3 is 0 Å². The molecule has 1 aliphatic rings. The monoisotopic (exact) mass is 340 g/mol. The molecule has 2 aromatic rings. The van der Waals surface area contributed by atoms with Crippen molar-refractivity contribution in [3.63, 3.8) is 0 Å². The predicted octanol–water partition coefficient (Wildman–Crippen LogP) is 2.19. The van der Waals surface area contributed by atoms with Crippen LogP contribution in [0.4, 0.5) is 0 Å². The predicted molar refractivity (Wildman–Crippen MR) is 92.4 cm³/mol. The number of carbonyl (C=O) groups excluding carboxylic acids is 2. The highest BCUT2D eigenvalue weighted by Gasteiger charge is 2.18. The molecule has 0 aliphatic carbocycles. The van der Waals surface area contributed by atoms with E-state index in [2.05, 4.69) is 5.32 Å². The Kier molecular flexibility index (Phi) is 5.18. The summed E-state index contributed by atoms with van der Waals surface area (Å²) in [6, 6.07) is 14.7. The highest BCUT2D eigenvalue weighted by molar-refractivity contribution is 5.97. The standard InChI is InChI=1S/C19H20N2O4/c1-2-21(12-14-6-4-3-5-7-14)18(22)11-20-19(23)15-8-9-16-17(10-15)25-13-24-16/h3-10H,2,11-13H2,1H3,(H,20,23). The molecule has 25 heavy (non-hydrogen) atoms. The molecule has 0 aromatic heterocycles. The van der Waals surface area contributed by atoms with Gasteiger partial charge in [-0.2, -0.15) is 0 Å². The number of nitrogens with zero attached hydrogens (tertiary/aromatic N) is 1. The first-order valence-corrected chi connectivity index (χ1v) is 8.17. The van der Waals surface area contributed by atoms with Crippen LogP contribution in [-0.2, 0) is 11.3 Å². The second-order valence-corrected chi connectivity index (χ2v) is 5.64. The molecule has 6 heteroatoms. The fourth-order valence-electron chi connectivity index (χ4n) is 2.59. The Labute approximate surface area is 146 Å². The van der Waals surface area contributed by atoms with E-state index in [-0.39, 0.29) is 25.2 Å². The van der Waals surface area contributed by atoms with Crippen molar-refractivity contribution in [2.24, 2.45) is 0 Å². The van der Waals surface area contributed by atoms with Gasteiger partial charge in [-0.15, -0.1) is 0 Å². The number of rotatable bonds is 6. The van der Waals surface area contributed by atoms with Crippen molar-refractivity contribution in [2.45, 2.75) is 13.5 Å². The van der Waals surface area contributed by atoms with Crippen molar-refractivity contribution in [3.05, 3.63) is 59.7 Å². The maximum absolute atomic E-state index is 12.4. The van der Waals surface area contributed by atoms with Gasteiger partial charge in [-0.25, -0.2) is 0 Å². The quantitative estimate of drug-likeness (QED) is 0.875. The minimum atomic E-state index is -0.317. The minimum Gasteiger partial charge on any atom is -0.454 e. The van der Waals surface area contributed by atoms with E-state index >= 15 is 0 Å². The molecular weight excluding hydrogens is 320 g/mol. The maximum Gasteiger partial charge on any atom is 0.251 e. The largest absolute Gasteiger partial charge is 0.454 e. The number of ether oxygens (including phenoxy) is 2. The van der Waals surface area contributed by atoms with Crippen LogP contribution in [0.5, 0.6) is 11.5 Å². The van der Waals surface area contributed by atoms with Crippen molar-refractivity contribution in [1.82, 2.24) is 10.2 Å². The van der Waals surface area contributed by atoms with Gasteiger partial charge in [0.15, 0.2) is 11.5 Å². The maximum atomic E-state index is 12.4. The summed E-state index contributed by atoms with van der Waals surface area (Å²) in [7, 11) is 0. The number of fused-ring (bicyclic) bond motifs is 1. The Hall–Kier alpha value is -3.02. The summed E-state index contributed by atoms with van der Waals surface area (Å²) in [4.78, 5) is 26.3. The zero-order valence-electron chi connectivity index (χ0n) is 14.0. The van der Waals surface area contributed by atoms with E-state index in [0.29, 0.717) is 30.2 Å². The summed E-state index contributed by atoms with van der Waals surface area (Å²) >= 11 is 0. The molecule has 0 unspecified atom stereocenters. The number of likely N-dealkylation sites (N-methyl/N-ethyl adjacent to an activating group) is 1. The highest BCUT2D eigenvalue weighted by atomic mass is 16.7. The minimum absolute atomic E-state index is 0.0477. The van der Waals surface area contributed by atoms with E-state index in [0.717, 1.165) is 5.56 Å². The van der Waals surface area contributed by atoms with Crippen LogP contribution in [0.15, 0.2) is 48.5 Å². The molecule has 6 nitrogen and oxygen atoms in total. The summed E-state index contributed by atoms with van der Waals surface area (Å²) in [5.74, 6) is 0.716. The molecule has 0 spiro atoms. The zero-order chi connectivity index (χ0) is 17.6. The van der Waals surface area contributed by atoms with Crippen molar-refractivity contribution in [3.8, 4) is 11.5 Å². The van der Waals surface area contributed by atoms with Gasteiger partial charge < -0.3 is 19.7 Å². The molecular formula is C19H20N2O4. The second-order valence-electron chi connectivity index (χ2n) is 5.64. The number of amides is 2. The molecule has 1 heterocycles. The summed E-state index contributed by atoms with van der Waals surface area (Å²) in [5, 5.41) is 2.66. The van der Waals surface area contributed by atoms with Gasteiger partial charge in [-0.05, 0) is 30.7 Å². The summed E-state index contributed by atoms with van der Waals surface area (Å²) in [6.45, 7) is 3.13. The smallest absolute Gasteiger partial charge is 0.251 e. The third-order valence-corrected chi connectivity index (χ3v) is 3.99. The van der Waals surface area contributed by atoms with Crippen molar-refractivity contribution < 1.29 is 19.1 Å². The van der Waals surface area contributed by atoms with Crippen LogP contribution in [0, 0.1) is 0 Å². The second kappa shape index (κ2) is 7.70. The lowest BCUT2D eigenvalue weighted by Crippen LogP contribution is -2.39. The molecule has 1 N–H and O–H groups in total. The third-order valence-electron chi connectivity index (χ3n) is 3.99. The first-order valence-electron chi connectivity index (χ1n) is 8.17. The number of benzene rings is 2. The molecule has 0 bridgehead atoms. The van der Waals surface area contributed by atoms with Gasteiger partial charge in [0.1, 0.15) is 0 Å². The Morgan fingerprint density at radius 2 is 1.84 bits per heavy atom. The van der Waals surface area contributed by atoms with E-state index in [1.165, 1.54) is 0 Å². The molecule has 2 amide bonds. The Balaban J connectivity index is 1.56. The Morgan fingerprint density at radius 3 is 2.60 bits per heavy atom. The molecule has 0 atom stereocenters. The fourth-order valence-corrected chi connectivity index (χ4v) is 2.59. The van der Waals surface area contributed by atoms with Crippen LogP contribution < -0.4 is 14.8 Å². The average Bonchev–Trinajstić information content (AvgIpc) is 3.12. The lowest BCUT2D eigenvalue weighted by molar-refractivity contribution is -0.130. The van der Waals surface area contributed by atoms with Crippen LogP contribution in [0.3, 0.4) is 0 Å².